The fourth-order valence-corrected chi connectivity index (χ4v) is 3.40. The highest BCUT2D eigenvalue weighted by Gasteiger charge is 2.23. The van der Waals surface area contributed by atoms with Gasteiger partial charge in [0.25, 0.3) is 5.91 Å². The molecule has 0 aliphatic heterocycles. The van der Waals surface area contributed by atoms with Crippen LogP contribution in [0.15, 0.2) is 30.6 Å². The average Bonchev–Trinajstić information content (AvgIpc) is 3.10. The van der Waals surface area contributed by atoms with Gasteiger partial charge in [0.2, 0.25) is 0 Å². The number of esters is 1. The topological polar surface area (TPSA) is 63.9 Å². The summed E-state index contributed by atoms with van der Waals surface area (Å²) in [6.45, 7) is 7.18. The number of nitrogens with zero attached hydrogens (tertiary/aromatic N) is 3. The molecule has 2 aromatic heterocycles. The average molecular weight is 385 g/mol. The fourth-order valence-electron chi connectivity index (χ4n) is 3.40. The molecule has 0 unspecified atom stereocenters. The first-order valence-corrected chi connectivity index (χ1v) is 9.57. The van der Waals surface area contributed by atoms with Crippen LogP contribution in [0.2, 0.25) is 0 Å². The molecule has 0 bridgehead atoms. The summed E-state index contributed by atoms with van der Waals surface area (Å²) in [6, 6.07) is 5.88. The first-order chi connectivity index (χ1) is 13.5. The number of fused-ring (bicyclic) bond motifs is 3. The van der Waals surface area contributed by atoms with E-state index in [1.54, 1.807) is 28.4 Å². The van der Waals surface area contributed by atoms with Crippen molar-refractivity contribution in [1.82, 2.24) is 14.3 Å². The first-order valence-electron chi connectivity index (χ1n) is 9.57. The van der Waals surface area contributed by atoms with E-state index in [4.69, 9.17) is 4.74 Å². The fraction of sp³-hybridized carbons (Fsp3) is 0.381. The third-order valence-corrected chi connectivity index (χ3v) is 4.57. The largest absolute Gasteiger partial charge is 0.461 e. The minimum absolute atomic E-state index is 0.139. The molecule has 28 heavy (non-hydrogen) atoms. The summed E-state index contributed by atoms with van der Waals surface area (Å²) < 4.78 is 20.7. The molecule has 3 rings (SSSR count). The van der Waals surface area contributed by atoms with Crippen molar-refractivity contribution in [3.8, 4) is 0 Å². The highest BCUT2D eigenvalue weighted by Crippen LogP contribution is 2.26. The summed E-state index contributed by atoms with van der Waals surface area (Å²) in [5.74, 6) is -1.16. The van der Waals surface area contributed by atoms with Crippen LogP contribution in [-0.4, -0.2) is 45.9 Å². The molecule has 1 amide bonds. The van der Waals surface area contributed by atoms with Gasteiger partial charge < -0.3 is 9.64 Å². The van der Waals surface area contributed by atoms with E-state index < -0.39 is 11.8 Å². The third kappa shape index (κ3) is 3.56. The van der Waals surface area contributed by atoms with E-state index in [-0.39, 0.29) is 18.2 Å². The summed E-state index contributed by atoms with van der Waals surface area (Å²) in [5.41, 5.74) is 1.57. The molecule has 7 heteroatoms. The Labute approximate surface area is 162 Å². The predicted molar refractivity (Wildman–Crippen MR) is 105 cm³/mol. The number of pyridine rings is 1. The minimum Gasteiger partial charge on any atom is -0.461 e. The number of aromatic nitrogens is 2. The van der Waals surface area contributed by atoms with E-state index >= 15 is 0 Å². The number of carbonyl (C=O) groups excluding carboxylic acids is 2. The van der Waals surface area contributed by atoms with Crippen LogP contribution >= 0.6 is 0 Å². The monoisotopic (exact) mass is 385 g/mol. The molecule has 0 aliphatic carbocycles. The lowest BCUT2D eigenvalue weighted by atomic mass is 10.1. The van der Waals surface area contributed by atoms with Crippen molar-refractivity contribution in [3.05, 3.63) is 47.7 Å². The molecule has 0 atom stereocenters. The molecule has 2 heterocycles. The van der Waals surface area contributed by atoms with Crippen molar-refractivity contribution >= 4 is 28.3 Å². The summed E-state index contributed by atoms with van der Waals surface area (Å²) in [4.78, 5) is 31.5. The summed E-state index contributed by atoms with van der Waals surface area (Å²) in [7, 11) is 0. The molecule has 1 aromatic carbocycles. The molecule has 0 N–H and O–H groups in total. The lowest BCUT2D eigenvalue weighted by molar-refractivity contribution is 0.0522. The van der Waals surface area contributed by atoms with Crippen molar-refractivity contribution in [2.24, 2.45) is 0 Å². The van der Waals surface area contributed by atoms with Crippen LogP contribution in [0.1, 0.15) is 54.5 Å². The standard InChI is InChI=1S/C21H24FN3O3/c1-4-9-24(10-5-2)20(26)16-12-18-19(21(27)28-6-3)23-13-25(18)17-8-7-14(22)11-15(16)17/h7-8,11-13H,4-6,9-10H2,1-3H3. The van der Waals surface area contributed by atoms with Crippen molar-refractivity contribution in [2.45, 2.75) is 33.6 Å². The van der Waals surface area contributed by atoms with Gasteiger partial charge in [-0.1, -0.05) is 13.8 Å². The minimum atomic E-state index is -0.552. The van der Waals surface area contributed by atoms with E-state index in [0.717, 1.165) is 12.8 Å². The number of imidazole rings is 1. The molecule has 0 spiro atoms. The number of ether oxygens (including phenoxy) is 1. The Morgan fingerprint density at radius 3 is 2.46 bits per heavy atom. The van der Waals surface area contributed by atoms with Gasteiger partial charge in [-0.15, -0.1) is 0 Å². The van der Waals surface area contributed by atoms with Crippen LogP contribution in [0.25, 0.3) is 16.4 Å². The molecule has 0 radical (unpaired) electrons. The molecule has 6 nitrogen and oxygen atoms in total. The van der Waals surface area contributed by atoms with Gasteiger partial charge in [-0.25, -0.2) is 14.2 Å². The highest BCUT2D eigenvalue weighted by atomic mass is 19.1. The van der Waals surface area contributed by atoms with Crippen molar-refractivity contribution < 1.29 is 18.7 Å². The number of benzene rings is 1. The van der Waals surface area contributed by atoms with Crippen LogP contribution < -0.4 is 0 Å². The third-order valence-electron chi connectivity index (χ3n) is 4.57. The number of hydrogen-bond donors (Lipinski definition) is 0. The molecule has 0 fully saturated rings. The zero-order valence-electron chi connectivity index (χ0n) is 16.4. The summed E-state index contributed by atoms with van der Waals surface area (Å²) in [5, 5.41) is 0.488. The molecule has 0 aliphatic rings. The lowest BCUT2D eigenvalue weighted by Crippen LogP contribution is -2.32. The Bertz CT molecular complexity index is 1020. The predicted octanol–water partition coefficient (Wildman–Crippen LogP) is 4.07. The van der Waals surface area contributed by atoms with Gasteiger partial charge in [0, 0.05) is 18.5 Å². The summed E-state index contributed by atoms with van der Waals surface area (Å²) in [6.07, 6.45) is 3.13. The molecule has 3 aromatic rings. The zero-order chi connectivity index (χ0) is 20.3. The van der Waals surface area contributed by atoms with E-state index in [1.807, 2.05) is 13.8 Å². The second-order valence-electron chi connectivity index (χ2n) is 6.58. The van der Waals surface area contributed by atoms with Crippen LogP contribution in [0.3, 0.4) is 0 Å². The molecule has 148 valence electrons. The number of amides is 1. The number of hydrogen-bond acceptors (Lipinski definition) is 4. The first kappa shape index (κ1) is 19.8. The number of rotatable bonds is 7. The van der Waals surface area contributed by atoms with Crippen LogP contribution in [0, 0.1) is 5.82 Å². The van der Waals surface area contributed by atoms with Gasteiger partial charge in [0.1, 0.15) is 12.1 Å². The van der Waals surface area contributed by atoms with Gasteiger partial charge in [0.15, 0.2) is 5.69 Å². The number of carbonyl (C=O) groups is 2. The normalized spacial score (nSPS) is 11.1. The van der Waals surface area contributed by atoms with E-state index in [0.29, 0.717) is 35.1 Å². The maximum Gasteiger partial charge on any atom is 0.359 e. The number of halogens is 1. The molecular weight excluding hydrogens is 361 g/mol. The second-order valence-corrected chi connectivity index (χ2v) is 6.58. The van der Waals surface area contributed by atoms with Crippen LogP contribution in [-0.2, 0) is 4.74 Å². The van der Waals surface area contributed by atoms with E-state index in [9.17, 15) is 14.0 Å². The van der Waals surface area contributed by atoms with Crippen LogP contribution in [0.5, 0.6) is 0 Å². The van der Waals surface area contributed by atoms with Crippen molar-refractivity contribution in [3.63, 3.8) is 0 Å². The SMILES string of the molecule is CCCN(CCC)C(=O)c1cc2c(C(=O)OCC)ncn2c2ccc(F)cc12. The Kier molecular flexibility index (Phi) is 5.92. The van der Waals surface area contributed by atoms with Crippen molar-refractivity contribution in [2.75, 3.05) is 19.7 Å². The van der Waals surface area contributed by atoms with Crippen LogP contribution in [0.4, 0.5) is 4.39 Å². The Hall–Kier alpha value is -2.96. The lowest BCUT2D eigenvalue weighted by Gasteiger charge is -2.22. The second kappa shape index (κ2) is 8.37. The van der Waals surface area contributed by atoms with Gasteiger partial charge in [-0.3, -0.25) is 9.20 Å². The van der Waals surface area contributed by atoms with E-state index in [1.165, 1.54) is 18.5 Å². The zero-order valence-corrected chi connectivity index (χ0v) is 16.4. The summed E-state index contributed by atoms with van der Waals surface area (Å²) >= 11 is 0. The van der Waals surface area contributed by atoms with Gasteiger partial charge in [-0.05, 0) is 44.0 Å². The molecule has 0 saturated carbocycles. The molecular formula is C21H24FN3O3. The van der Waals surface area contributed by atoms with Crippen molar-refractivity contribution in [1.29, 1.82) is 0 Å². The van der Waals surface area contributed by atoms with Gasteiger partial charge in [0.05, 0.1) is 23.2 Å². The smallest absolute Gasteiger partial charge is 0.359 e. The Morgan fingerprint density at radius 1 is 1.11 bits per heavy atom. The Balaban J connectivity index is 2.26. The highest BCUT2D eigenvalue weighted by molar-refractivity contribution is 6.09. The quantitative estimate of drug-likeness (QED) is 0.575. The molecule has 0 saturated heterocycles. The van der Waals surface area contributed by atoms with E-state index in [2.05, 4.69) is 4.98 Å². The van der Waals surface area contributed by atoms with Gasteiger partial charge >= 0.3 is 5.97 Å². The Morgan fingerprint density at radius 2 is 1.82 bits per heavy atom. The maximum atomic E-state index is 14.0. The maximum absolute atomic E-state index is 14.0. The van der Waals surface area contributed by atoms with Gasteiger partial charge in [-0.2, -0.15) is 0 Å².